The van der Waals surface area contributed by atoms with Crippen LogP contribution in [-0.4, -0.2) is 5.71 Å². The quantitative estimate of drug-likeness (QED) is 0.782. The van der Waals surface area contributed by atoms with Gasteiger partial charge in [0.05, 0.1) is 5.71 Å². The molecule has 0 spiro atoms. The van der Waals surface area contributed by atoms with Crippen molar-refractivity contribution < 1.29 is 4.84 Å². The Balaban J connectivity index is 1.59. The minimum Gasteiger partial charge on any atom is -0.387 e. The van der Waals surface area contributed by atoms with Crippen LogP contribution in [0.25, 0.3) is 0 Å². The highest BCUT2D eigenvalue weighted by Crippen LogP contribution is 2.60. The number of rotatable bonds is 3. The van der Waals surface area contributed by atoms with E-state index in [-0.39, 0.29) is 6.10 Å². The predicted molar refractivity (Wildman–Crippen MR) is 71.6 cm³/mol. The van der Waals surface area contributed by atoms with Crippen molar-refractivity contribution >= 4 is 5.71 Å². The average Bonchev–Trinajstić information content (AvgIpc) is 3.27. The third-order valence-corrected chi connectivity index (χ3v) is 4.63. The Morgan fingerprint density at radius 2 is 1.94 bits per heavy atom. The summed E-state index contributed by atoms with van der Waals surface area (Å²) >= 11 is 0. The predicted octanol–water partition coefficient (Wildman–Crippen LogP) is 4.04. The van der Waals surface area contributed by atoms with E-state index in [9.17, 15) is 0 Å². The van der Waals surface area contributed by atoms with Crippen molar-refractivity contribution in [1.29, 1.82) is 0 Å². The summed E-state index contributed by atoms with van der Waals surface area (Å²) in [6.45, 7) is 2.05. The Hall–Kier alpha value is -1.31. The average molecular weight is 241 g/mol. The van der Waals surface area contributed by atoms with Crippen molar-refractivity contribution in [3.63, 3.8) is 0 Å². The first-order valence-electron chi connectivity index (χ1n) is 7.11. The van der Waals surface area contributed by atoms with Gasteiger partial charge >= 0.3 is 0 Å². The molecule has 0 saturated heterocycles. The topological polar surface area (TPSA) is 21.6 Å². The van der Waals surface area contributed by atoms with Crippen molar-refractivity contribution in [2.75, 3.05) is 0 Å². The van der Waals surface area contributed by atoms with Crippen LogP contribution in [0.1, 0.15) is 55.8 Å². The SMILES string of the molecule is CC1=NO[C@@H](c2ccccc2C2CC2C2CC2)C1. The standard InChI is InChI=1S/C16H19NO/c1-10-8-16(18-17-10)13-5-3-2-4-12(13)15-9-14(15)11-6-7-11/h2-5,11,14-16H,6-9H2,1H3/t14?,15?,16-/m1/s1. The van der Waals surface area contributed by atoms with Crippen LogP contribution < -0.4 is 0 Å². The molecule has 0 aromatic heterocycles. The molecule has 0 radical (unpaired) electrons. The first-order chi connectivity index (χ1) is 8.83. The molecule has 2 fully saturated rings. The van der Waals surface area contributed by atoms with Crippen LogP contribution in [0.4, 0.5) is 0 Å². The van der Waals surface area contributed by atoms with E-state index in [1.807, 2.05) is 6.92 Å². The molecule has 1 aliphatic heterocycles. The molecular formula is C16H19NO. The summed E-state index contributed by atoms with van der Waals surface area (Å²) in [6.07, 6.45) is 5.45. The molecule has 2 unspecified atom stereocenters. The fraction of sp³-hybridized carbons (Fsp3) is 0.562. The van der Waals surface area contributed by atoms with Crippen LogP contribution >= 0.6 is 0 Å². The third-order valence-electron chi connectivity index (χ3n) is 4.63. The van der Waals surface area contributed by atoms with Crippen molar-refractivity contribution in [3.05, 3.63) is 35.4 Å². The monoisotopic (exact) mass is 241 g/mol. The van der Waals surface area contributed by atoms with E-state index in [0.29, 0.717) is 0 Å². The second-order valence-corrected chi connectivity index (χ2v) is 6.10. The molecule has 2 nitrogen and oxygen atoms in total. The van der Waals surface area contributed by atoms with Crippen LogP contribution in [0.15, 0.2) is 29.4 Å². The fourth-order valence-corrected chi connectivity index (χ4v) is 3.42. The van der Waals surface area contributed by atoms with Gasteiger partial charge in [-0.05, 0) is 55.1 Å². The maximum absolute atomic E-state index is 5.57. The minimum atomic E-state index is 0.168. The van der Waals surface area contributed by atoms with Gasteiger partial charge in [-0.2, -0.15) is 0 Å². The molecule has 1 aromatic rings. The van der Waals surface area contributed by atoms with E-state index in [0.717, 1.165) is 29.9 Å². The largest absolute Gasteiger partial charge is 0.387 e. The van der Waals surface area contributed by atoms with Gasteiger partial charge < -0.3 is 4.84 Å². The van der Waals surface area contributed by atoms with Gasteiger partial charge in [0.25, 0.3) is 0 Å². The highest BCUT2D eigenvalue weighted by molar-refractivity contribution is 5.83. The van der Waals surface area contributed by atoms with Crippen LogP contribution in [0.2, 0.25) is 0 Å². The molecule has 3 atom stereocenters. The molecule has 2 saturated carbocycles. The van der Waals surface area contributed by atoms with Crippen LogP contribution in [-0.2, 0) is 4.84 Å². The van der Waals surface area contributed by atoms with Gasteiger partial charge in [-0.25, -0.2) is 0 Å². The van der Waals surface area contributed by atoms with Crippen LogP contribution in [0, 0.1) is 11.8 Å². The van der Waals surface area contributed by atoms with E-state index in [4.69, 9.17) is 4.84 Å². The van der Waals surface area contributed by atoms with Gasteiger partial charge in [0.2, 0.25) is 0 Å². The Labute approximate surface area is 108 Å². The van der Waals surface area contributed by atoms with Crippen LogP contribution in [0.3, 0.4) is 0 Å². The molecule has 4 rings (SSSR count). The second-order valence-electron chi connectivity index (χ2n) is 6.10. The van der Waals surface area contributed by atoms with E-state index in [1.165, 1.54) is 30.4 Å². The van der Waals surface area contributed by atoms with E-state index >= 15 is 0 Å². The van der Waals surface area contributed by atoms with Gasteiger partial charge in [0, 0.05) is 6.42 Å². The number of hydrogen-bond donors (Lipinski definition) is 0. The lowest BCUT2D eigenvalue weighted by atomic mass is 9.95. The van der Waals surface area contributed by atoms with Crippen molar-refractivity contribution in [3.8, 4) is 0 Å². The van der Waals surface area contributed by atoms with Gasteiger partial charge in [-0.15, -0.1) is 0 Å². The van der Waals surface area contributed by atoms with Crippen molar-refractivity contribution in [2.24, 2.45) is 17.0 Å². The van der Waals surface area contributed by atoms with Gasteiger partial charge in [-0.3, -0.25) is 0 Å². The van der Waals surface area contributed by atoms with E-state index in [2.05, 4.69) is 29.4 Å². The molecule has 1 aromatic carbocycles. The Kier molecular flexibility index (Phi) is 2.26. The lowest BCUT2D eigenvalue weighted by Crippen LogP contribution is -2.02. The molecule has 2 aliphatic carbocycles. The summed E-state index contributed by atoms with van der Waals surface area (Å²) < 4.78 is 0. The van der Waals surface area contributed by atoms with Gasteiger partial charge in [0.1, 0.15) is 0 Å². The second kappa shape index (κ2) is 3.84. The lowest BCUT2D eigenvalue weighted by Gasteiger charge is -2.14. The maximum atomic E-state index is 5.57. The lowest BCUT2D eigenvalue weighted by molar-refractivity contribution is 0.0850. The van der Waals surface area contributed by atoms with Gasteiger partial charge in [-0.1, -0.05) is 29.4 Å². The smallest absolute Gasteiger partial charge is 0.158 e. The molecule has 0 amide bonds. The zero-order chi connectivity index (χ0) is 12.1. The first-order valence-corrected chi connectivity index (χ1v) is 7.11. The molecule has 2 heteroatoms. The highest BCUT2D eigenvalue weighted by Gasteiger charge is 2.49. The molecule has 0 bridgehead atoms. The number of hydrogen-bond acceptors (Lipinski definition) is 2. The molecule has 18 heavy (non-hydrogen) atoms. The number of oxime groups is 1. The molecule has 3 aliphatic rings. The summed E-state index contributed by atoms with van der Waals surface area (Å²) in [5.41, 5.74) is 4.03. The van der Waals surface area contributed by atoms with Crippen molar-refractivity contribution in [2.45, 2.75) is 44.6 Å². The molecule has 94 valence electrons. The maximum Gasteiger partial charge on any atom is 0.158 e. The molecule has 1 heterocycles. The fourth-order valence-electron chi connectivity index (χ4n) is 3.42. The van der Waals surface area contributed by atoms with Gasteiger partial charge in [0.15, 0.2) is 6.10 Å². The van der Waals surface area contributed by atoms with E-state index in [1.54, 1.807) is 0 Å². The first kappa shape index (κ1) is 10.6. The Morgan fingerprint density at radius 3 is 2.61 bits per heavy atom. The Morgan fingerprint density at radius 1 is 1.17 bits per heavy atom. The number of nitrogens with zero attached hydrogens (tertiary/aromatic N) is 1. The zero-order valence-corrected chi connectivity index (χ0v) is 10.8. The third kappa shape index (κ3) is 1.75. The van der Waals surface area contributed by atoms with Crippen LogP contribution in [0.5, 0.6) is 0 Å². The summed E-state index contributed by atoms with van der Waals surface area (Å²) in [5.74, 6) is 2.80. The highest BCUT2D eigenvalue weighted by atomic mass is 16.6. The summed E-state index contributed by atoms with van der Waals surface area (Å²) in [7, 11) is 0. The normalized spacial score (nSPS) is 34.1. The zero-order valence-electron chi connectivity index (χ0n) is 10.8. The van der Waals surface area contributed by atoms with Crippen molar-refractivity contribution in [1.82, 2.24) is 0 Å². The minimum absolute atomic E-state index is 0.168. The summed E-state index contributed by atoms with van der Waals surface area (Å²) in [6, 6.07) is 8.84. The Bertz CT molecular complexity index is 504. The molecule has 0 N–H and O–H groups in total. The summed E-state index contributed by atoms with van der Waals surface area (Å²) in [4.78, 5) is 5.57. The number of benzene rings is 1. The summed E-state index contributed by atoms with van der Waals surface area (Å²) in [5, 5.41) is 4.10. The molecular weight excluding hydrogens is 222 g/mol. The van der Waals surface area contributed by atoms with E-state index < -0.39 is 0 Å².